The quantitative estimate of drug-likeness (QED) is 0.862. The molecule has 2 aromatic heterocycles. The molecule has 3 rings (SSSR count). The van der Waals surface area contributed by atoms with Crippen LogP contribution >= 0.6 is 22.9 Å². The Morgan fingerprint density at radius 3 is 3.11 bits per heavy atom. The second kappa shape index (κ2) is 4.61. The molecule has 0 aromatic carbocycles. The van der Waals surface area contributed by atoms with Crippen molar-refractivity contribution in [3.63, 3.8) is 0 Å². The number of rotatable bonds is 2. The van der Waals surface area contributed by atoms with Crippen molar-refractivity contribution in [2.24, 2.45) is 5.73 Å². The van der Waals surface area contributed by atoms with Crippen LogP contribution in [0.4, 0.5) is 5.82 Å². The maximum Gasteiger partial charge on any atom is 0.240 e. The van der Waals surface area contributed by atoms with Gasteiger partial charge in [-0.15, -0.1) is 11.3 Å². The van der Waals surface area contributed by atoms with Gasteiger partial charge < -0.3 is 10.6 Å². The van der Waals surface area contributed by atoms with E-state index in [2.05, 4.69) is 9.97 Å². The van der Waals surface area contributed by atoms with E-state index in [9.17, 15) is 4.79 Å². The van der Waals surface area contributed by atoms with E-state index >= 15 is 0 Å². The lowest BCUT2D eigenvalue weighted by Crippen LogP contribution is -2.40. The molecule has 2 N–H and O–H groups in total. The molecule has 0 radical (unpaired) electrons. The number of anilines is 1. The maximum absolute atomic E-state index is 11.5. The van der Waals surface area contributed by atoms with E-state index in [0.717, 1.165) is 40.3 Å². The molecule has 0 spiro atoms. The number of aryl methyl sites for hydroxylation is 1. The van der Waals surface area contributed by atoms with E-state index in [-0.39, 0.29) is 17.2 Å². The van der Waals surface area contributed by atoms with Gasteiger partial charge in [0.15, 0.2) is 0 Å². The molecule has 1 fully saturated rings. The Morgan fingerprint density at radius 1 is 1.58 bits per heavy atom. The number of thiophene rings is 1. The maximum atomic E-state index is 11.5. The van der Waals surface area contributed by atoms with Gasteiger partial charge in [0.1, 0.15) is 16.7 Å². The number of nitrogens with zero attached hydrogens (tertiary/aromatic N) is 3. The van der Waals surface area contributed by atoms with Crippen LogP contribution in [-0.2, 0) is 4.79 Å². The minimum atomic E-state index is -0.313. The molecule has 0 saturated carbocycles. The van der Waals surface area contributed by atoms with Crippen LogP contribution in [0.1, 0.15) is 17.7 Å². The fourth-order valence-electron chi connectivity index (χ4n) is 2.54. The van der Waals surface area contributed by atoms with Crippen LogP contribution in [0.15, 0.2) is 6.07 Å². The summed E-state index contributed by atoms with van der Waals surface area (Å²) < 4.78 is 0. The number of nitrogens with two attached hydrogens (primary N) is 1. The standard InChI is InChI=1S/C12H13ClN4OS/c1-6-5-7-10(15-12(13)16-11(7)19-6)17-4-2-3-8(17)9(14)18/h5,8H,2-4H2,1H3,(H2,14,18). The number of aromatic nitrogens is 2. The number of amides is 1. The van der Waals surface area contributed by atoms with Gasteiger partial charge in [-0.25, -0.2) is 4.98 Å². The third-order valence-corrected chi connectivity index (χ3v) is 4.44. The Bertz CT molecular complexity index is 656. The van der Waals surface area contributed by atoms with E-state index < -0.39 is 0 Å². The van der Waals surface area contributed by atoms with Crippen molar-refractivity contribution < 1.29 is 4.79 Å². The first-order valence-corrected chi connectivity index (χ1v) is 7.25. The lowest BCUT2D eigenvalue weighted by atomic mass is 10.2. The molecule has 1 saturated heterocycles. The van der Waals surface area contributed by atoms with Crippen LogP contribution < -0.4 is 10.6 Å². The summed E-state index contributed by atoms with van der Waals surface area (Å²) in [6.45, 7) is 2.78. The second-order valence-corrected chi connectivity index (χ2v) is 6.22. The highest BCUT2D eigenvalue weighted by molar-refractivity contribution is 7.18. The summed E-state index contributed by atoms with van der Waals surface area (Å²) >= 11 is 7.55. The van der Waals surface area contributed by atoms with Crippen molar-refractivity contribution >= 4 is 44.9 Å². The van der Waals surface area contributed by atoms with Crippen molar-refractivity contribution in [1.29, 1.82) is 0 Å². The third kappa shape index (κ3) is 2.15. The monoisotopic (exact) mass is 296 g/mol. The normalized spacial score (nSPS) is 19.3. The van der Waals surface area contributed by atoms with Crippen molar-refractivity contribution in [2.75, 3.05) is 11.4 Å². The van der Waals surface area contributed by atoms with Crippen LogP contribution in [0, 0.1) is 6.92 Å². The summed E-state index contributed by atoms with van der Waals surface area (Å²) in [5.41, 5.74) is 5.46. The summed E-state index contributed by atoms with van der Waals surface area (Å²) in [5, 5.41) is 1.15. The number of carbonyl (C=O) groups excluding carboxylic acids is 1. The predicted octanol–water partition coefficient (Wildman–Crippen LogP) is 2.11. The van der Waals surface area contributed by atoms with Gasteiger partial charge in [0.05, 0.1) is 5.39 Å². The Kier molecular flexibility index (Phi) is 3.06. The Balaban J connectivity index is 2.16. The first-order chi connectivity index (χ1) is 9.06. The Hall–Kier alpha value is -1.40. The Morgan fingerprint density at radius 2 is 2.37 bits per heavy atom. The van der Waals surface area contributed by atoms with Gasteiger partial charge in [-0.2, -0.15) is 4.98 Å². The predicted molar refractivity (Wildman–Crippen MR) is 76.7 cm³/mol. The summed E-state index contributed by atoms with van der Waals surface area (Å²) in [7, 11) is 0. The second-order valence-electron chi connectivity index (χ2n) is 4.65. The lowest BCUT2D eigenvalue weighted by Gasteiger charge is -2.23. The topological polar surface area (TPSA) is 72.1 Å². The number of hydrogen-bond donors (Lipinski definition) is 1. The van der Waals surface area contributed by atoms with Gasteiger partial charge in [-0.1, -0.05) is 0 Å². The molecule has 7 heteroatoms. The summed E-state index contributed by atoms with van der Waals surface area (Å²) in [6, 6.07) is 1.73. The largest absolute Gasteiger partial charge is 0.368 e. The molecule has 1 aliphatic heterocycles. The van der Waals surface area contributed by atoms with E-state index in [1.165, 1.54) is 0 Å². The molecule has 1 atom stereocenters. The molecule has 0 bridgehead atoms. The fourth-order valence-corrected chi connectivity index (χ4v) is 3.63. The highest BCUT2D eigenvalue weighted by Gasteiger charge is 2.31. The third-order valence-electron chi connectivity index (χ3n) is 3.32. The molecular formula is C12H13ClN4OS. The first-order valence-electron chi connectivity index (χ1n) is 6.06. The van der Waals surface area contributed by atoms with Gasteiger partial charge in [-0.05, 0) is 37.4 Å². The average molecular weight is 297 g/mol. The van der Waals surface area contributed by atoms with Crippen LogP contribution in [0.5, 0.6) is 0 Å². The summed E-state index contributed by atoms with van der Waals surface area (Å²) in [6.07, 6.45) is 1.70. The number of primary amides is 1. The zero-order valence-electron chi connectivity index (χ0n) is 10.4. The molecule has 2 aromatic rings. The fraction of sp³-hybridized carbons (Fsp3) is 0.417. The highest BCUT2D eigenvalue weighted by atomic mass is 35.5. The van der Waals surface area contributed by atoms with Gasteiger partial charge >= 0.3 is 0 Å². The van der Waals surface area contributed by atoms with Crippen LogP contribution in [0.2, 0.25) is 5.28 Å². The van der Waals surface area contributed by atoms with E-state index in [1.807, 2.05) is 17.9 Å². The molecular weight excluding hydrogens is 284 g/mol. The summed E-state index contributed by atoms with van der Waals surface area (Å²) in [5.74, 6) is 0.410. The van der Waals surface area contributed by atoms with Crippen LogP contribution in [-0.4, -0.2) is 28.5 Å². The number of halogens is 1. The van der Waals surface area contributed by atoms with E-state index in [1.54, 1.807) is 11.3 Å². The van der Waals surface area contributed by atoms with Crippen molar-refractivity contribution in [1.82, 2.24) is 9.97 Å². The van der Waals surface area contributed by atoms with Gasteiger partial charge in [0.25, 0.3) is 0 Å². The molecule has 1 unspecified atom stereocenters. The smallest absolute Gasteiger partial charge is 0.240 e. The Labute approximate surface area is 119 Å². The summed E-state index contributed by atoms with van der Waals surface area (Å²) in [4.78, 5) is 24.0. The molecule has 100 valence electrons. The minimum Gasteiger partial charge on any atom is -0.368 e. The zero-order valence-corrected chi connectivity index (χ0v) is 12.0. The van der Waals surface area contributed by atoms with Crippen LogP contribution in [0.25, 0.3) is 10.2 Å². The van der Waals surface area contributed by atoms with E-state index in [4.69, 9.17) is 17.3 Å². The van der Waals surface area contributed by atoms with Crippen LogP contribution in [0.3, 0.4) is 0 Å². The van der Waals surface area contributed by atoms with E-state index in [0.29, 0.717) is 0 Å². The molecule has 5 nitrogen and oxygen atoms in total. The molecule has 0 aliphatic carbocycles. The number of hydrogen-bond acceptors (Lipinski definition) is 5. The number of carbonyl (C=O) groups is 1. The highest BCUT2D eigenvalue weighted by Crippen LogP contribution is 2.34. The molecule has 1 amide bonds. The molecule has 19 heavy (non-hydrogen) atoms. The van der Waals surface area contributed by atoms with Gasteiger partial charge in [0, 0.05) is 11.4 Å². The van der Waals surface area contributed by atoms with Gasteiger partial charge in [0.2, 0.25) is 11.2 Å². The molecule has 3 heterocycles. The number of fused-ring (bicyclic) bond motifs is 1. The van der Waals surface area contributed by atoms with Crippen molar-refractivity contribution in [2.45, 2.75) is 25.8 Å². The van der Waals surface area contributed by atoms with Gasteiger partial charge in [-0.3, -0.25) is 4.79 Å². The SMILES string of the molecule is Cc1cc2c(N3CCCC3C(N)=O)nc(Cl)nc2s1. The van der Waals surface area contributed by atoms with Crippen molar-refractivity contribution in [3.05, 3.63) is 16.2 Å². The first kappa shape index (κ1) is 12.6. The zero-order chi connectivity index (χ0) is 13.6. The lowest BCUT2D eigenvalue weighted by molar-refractivity contribution is -0.119. The molecule has 1 aliphatic rings. The average Bonchev–Trinajstić information content (AvgIpc) is 2.92. The van der Waals surface area contributed by atoms with Crippen molar-refractivity contribution in [3.8, 4) is 0 Å². The minimum absolute atomic E-state index is 0.208.